The highest BCUT2D eigenvalue weighted by molar-refractivity contribution is 5.79. The highest BCUT2D eigenvalue weighted by Crippen LogP contribution is 1.95. The van der Waals surface area contributed by atoms with E-state index in [1.54, 1.807) is 20.4 Å². The van der Waals surface area contributed by atoms with Gasteiger partial charge >= 0.3 is 0 Å². The van der Waals surface area contributed by atoms with E-state index in [0.29, 0.717) is 6.61 Å². The van der Waals surface area contributed by atoms with Crippen molar-refractivity contribution in [2.45, 2.75) is 19.4 Å². The summed E-state index contributed by atoms with van der Waals surface area (Å²) in [5.74, 6) is 0.795. The molecule has 0 radical (unpaired) electrons. The first-order valence-electron chi connectivity index (χ1n) is 6.11. The third-order valence-electron chi connectivity index (χ3n) is 2.45. The molecule has 0 bridgehead atoms. The van der Waals surface area contributed by atoms with Crippen molar-refractivity contribution in [1.82, 2.24) is 15.6 Å². The lowest BCUT2D eigenvalue weighted by atomic mass is 10.2. The highest BCUT2D eigenvalue weighted by Gasteiger charge is 2.03. The van der Waals surface area contributed by atoms with E-state index in [9.17, 15) is 0 Å². The first kappa shape index (κ1) is 14.4. The van der Waals surface area contributed by atoms with E-state index in [1.165, 1.54) is 5.56 Å². The van der Waals surface area contributed by atoms with Gasteiger partial charge in [-0.25, -0.2) is 0 Å². The van der Waals surface area contributed by atoms with Gasteiger partial charge in [-0.15, -0.1) is 0 Å². The second-order valence-electron chi connectivity index (χ2n) is 4.11. The SMILES string of the molecule is CN=C(NCCc1cccnc1)NC(C)COC. The Bertz CT molecular complexity index is 353. The zero-order valence-corrected chi connectivity index (χ0v) is 11.3. The fourth-order valence-electron chi connectivity index (χ4n) is 1.59. The van der Waals surface area contributed by atoms with Crippen molar-refractivity contribution in [2.24, 2.45) is 4.99 Å². The molecular weight excluding hydrogens is 228 g/mol. The summed E-state index contributed by atoms with van der Waals surface area (Å²) in [4.78, 5) is 8.25. The predicted octanol–water partition coefficient (Wildman–Crippen LogP) is 0.824. The molecule has 1 aromatic heterocycles. The van der Waals surface area contributed by atoms with E-state index in [-0.39, 0.29) is 6.04 Å². The van der Waals surface area contributed by atoms with Crippen molar-refractivity contribution in [2.75, 3.05) is 27.3 Å². The number of rotatable bonds is 6. The molecule has 1 heterocycles. The van der Waals surface area contributed by atoms with Gasteiger partial charge in [0.1, 0.15) is 0 Å². The molecule has 0 aromatic carbocycles. The number of hydrogen-bond donors (Lipinski definition) is 2. The van der Waals surface area contributed by atoms with Crippen LogP contribution < -0.4 is 10.6 Å². The molecule has 0 fully saturated rings. The second-order valence-corrected chi connectivity index (χ2v) is 4.11. The molecule has 0 saturated carbocycles. The molecule has 1 aromatic rings. The lowest BCUT2D eigenvalue weighted by Gasteiger charge is -2.17. The van der Waals surface area contributed by atoms with Crippen molar-refractivity contribution in [3.05, 3.63) is 30.1 Å². The van der Waals surface area contributed by atoms with Gasteiger partial charge in [-0.2, -0.15) is 0 Å². The largest absolute Gasteiger partial charge is 0.383 e. The number of hydrogen-bond acceptors (Lipinski definition) is 3. The van der Waals surface area contributed by atoms with Crippen LogP contribution >= 0.6 is 0 Å². The topological polar surface area (TPSA) is 58.5 Å². The van der Waals surface area contributed by atoms with Gasteiger partial charge in [0, 0.05) is 39.1 Å². The summed E-state index contributed by atoms with van der Waals surface area (Å²) in [7, 11) is 3.45. The minimum absolute atomic E-state index is 0.236. The van der Waals surface area contributed by atoms with Crippen molar-refractivity contribution in [3.63, 3.8) is 0 Å². The van der Waals surface area contributed by atoms with Crippen LogP contribution in [0.2, 0.25) is 0 Å². The quantitative estimate of drug-likeness (QED) is 0.580. The van der Waals surface area contributed by atoms with Crippen LogP contribution in [-0.2, 0) is 11.2 Å². The summed E-state index contributed by atoms with van der Waals surface area (Å²) in [5.41, 5.74) is 1.21. The Morgan fingerprint density at radius 1 is 1.56 bits per heavy atom. The summed E-state index contributed by atoms with van der Waals surface area (Å²) in [6, 6.07) is 4.25. The third-order valence-corrected chi connectivity index (χ3v) is 2.45. The number of ether oxygens (including phenoxy) is 1. The number of nitrogens with zero attached hydrogens (tertiary/aromatic N) is 2. The monoisotopic (exact) mass is 250 g/mol. The summed E-state index contributed by atoms with van der Waals surface area (Å²) in [6.07, 6.45) is 4.59. The number of nitrogens with one attached hydrogen (secondary N) is 2. The Balaban J connectivity index is 2.28. The Morgan fingerprint density at radius 3 is 3.00 bits per heavy atom. The van der Waals surface area contributed by atoms with E-state index in [4.69, 9.17) is 4.74 Å². The van der Waals surface area contributed by atoms with Crippen LogP contribution in [0.5, 0.6) is 0 Å². The molecule has 1 atom stereocenters. The molecule has 0 amide bonds. The van der Waals surface area contributed by atoms with Gasteiger partial charge in [0.15, 0.2) is 5.96 Å². The Kier molecular flexibility index (Phi) is 6.79. The van der Waals surface area contributed by atoms with E-state index in [0.717, 1.165) is 18.9 Å². The molecule has 2 N–H and O–H groups in total. The van der Waals surface area contributed by atoms with Gasteiger partial charge in [-0.3, -0.25) is 9.98 Å². The third kappa shape index (κ3) is 5.63. The van der Waals surface area contributed by atoms with Crippen LogP contribution in [0.4, 0.5) is 0 Å². The maximum absolute atomic E-state index is 5.07. The van der Waals surface area contributed by atoms with Gasteiger partial charge in [0.05, 0.1) is 6.61 Å². The summed E-state index contributed by atoms with van der Waals surface area (Å²) >= 11 is 0. The first-order chi connectivity index (χ1) is 8.76. The lowest BCUT2D eigenvalue weighted by Crippen LogP contribution is -2.44. The maximum Gasteiger partial charge on any atom is 0.191 e. The maximum atomic E-state index is 5.07. The molecule has 0 aliphatic carbocycles. The molecular formula is C13H22N4O. The Labute approximate surface area is 109 Å². The van der Waals surface area contributed by atoms with Gasteiger partial charge in [-0.1, -0.05) is 6.07 Å². The van der Waals surface area contributed by atoms with Crippen LogP contribution in [0.15, 0.2) is 29.5 Å². The van der Waals surface area contributed by atoms with Gasteiger partial charge in [0.25, 0.3) is 0 Å². The van der Waals surface area contributed by atoms with Crippen LogP contribution in [0.25, 0.3) is 0 Å². The molecule has 0 saturated heterocycles. The second kappa shape index (κ2) is 8.47. The number of aromatic nitrogens is 1. The van der Waals surface area contributed by atoms with Crippen LogP contribution in [0.3, 0.4) is 0 Å². The smallest absolute Gasteiger partial charge is 0.191 e. The van der Waals surface area contributed by atoms with Crippen LogP contribution in [0, 0.1) is 0 Å². The minimum atomic E-state index is 0.236. The highest BCUT2D eigenvalue weighted by atomic mass is 16.5. The molecule has 1 unspecified atom stereocenters. The van der Waals surface area contributed by atoms with E-state index >= 15 is 0 Å². The average molecular weight is 250 g/mol. The van der Waals surface area contributed by atoms with Gasteiger partial charge in [0.2, 0.25) is 0 Å². The molecule has 5 heteroatoms. The fourth-order valence-corrected chi connectivity index (χ4v) is 1.59. The first-order valence-corrected chi connectivity index (χ1v) is 6.11. The molecule has 0 aliphatic rings. The summed E-state index contributed by atoms with van der Waals surface area (Å²) < 4.78 is 5.07. The van der Waals surface area contributed by atoms with Gasteiger partial charge < -0.3 is 15.4 Å². The number of aliphatic imine (C=N–C) groups is 1. The Hall–Kier alpha value is -1.62. The molecule has 1 rings (SSSR count). The van der Waals surface area contributed by atoms with Crippen LogP contribution in [-0.4, -0.2) is 44.3 Å². The van der Waals surface area contributed by atoms with E-state index < -0.39 is 0 Å². The van der Waals surface area contributed by atoms with E-state index in [1.807, 2.05) is 12.3 Å². The lowest BCUT2D eigenvalue weighted by molar-refractivity contribution is 0.179. The van der Waals surface area contributed by atoms with Gasteiger partial charge in [-0.05, 0) is 25.0 Å². The standard InChI is InChI=1S/C13H22N4O/c1-11(10-18-3)17-13(14-2)16-8-6-12-5-4-7-15-9-12/h4-5,7,9,11H,6,8,10H2,1-3H3,(H2,14,16,17). The summed E-state index contributed by atoms with van der Waals surface area (Å²) in [5, 5.41) is 6.51. The zero-order valence-electron chi connectivity index (χ0n) is 11.3. The normalized spacial score (nSPS) is 13.2. The van der Waals surface area contributed by atoms with Crippen LogP contribution in [0.1, 0.15) is 12.5 Å². The van der Waals surface area contributed by atoms with Crippen molar-refractivity contribution in [3.8, 4) is 0 Å². The van der Waals surface area contributed by atoms with E-state index in [2.05, 4.69) is 33.6 Å². The number of methoxy groups -OCH3 is 1. The predicted molar refractivity (Wildman–Crippen MR) is 73.8 cm³/mol. The zero-order chi connectivity index (χ0) is 13.2. The minimum Gasteiger partial charge on any atom is -0.383 e. The van der Waals surface area contributed by atoms with Crippen molar-refractivity contribution < 1.29 is 4.74 Å². The van der Waals surface area contributed by atoms with Crippen molar-refractivity contribution in [1.29, 1.82) is 0 Å². The molecule has 0 spiro atoms. The summed E-state index contributed by atoms with van der Waals surface area (Å²) in [6.45, 7) is 3.53. The van der Waals surface area contributed by atoms with Crippen molar-refractivity contribution >= 4 is 5.96 Å². The number of guanidine groups is 1. The Morgan fingerprint density at radius 2 is 2.39 bits per heavy atom. The number of pyridine rings is 1. The molecule has 5 nitrogen and oxygen atoms in total. The average Bonchev–Trinajstić information content (AvgIpc) is 2.39. The molecule has 18 heavy (non-hydrogen) atoms. The fraction of sp³-hybridized carbons (Fsp3) is 0.538. The molecule has 100 valence electrons. The molecule has 0 aliphatic heterocycles.